The lowest BCUT2D eigenvalue weighted by Crippen LogP contribution is -2.57. The molecule has 0 aromatic heterocycles. The van der Waals surface area contributed by atoms with Gasteiger partial charge in [-0.25, -0.2) is 9.59 Å². The first-order valence-corrected chi connectivity index (χ1v) is 23.7. The van der Waals surface area contributed by atoms with Crippen molar-refractivity contribution in [2.24, 2.45) is 34.2 Å². The van der Waals surface area contributed by atoms with E-state index in [0.717, 1.165) is 5.56 Å². The fourth-order valence-corrected chi connectivity index (χ4v) is 7.25. The van der Waals surface area contributed by atoms with E-state index < -0.39 is 132 Å². The number of aliphatic imine (C=N–C) groups is 1. The first kappa shape index (κ1) is 60.5. The standard InChI is InChI=1S/C49H72N10O13/c1-9-26(2)23-37-46(67)59-38(48(70)71)25-41(62)55-35(16-13-21-52-49(50)51)45(66)56-34(18-17-27(3)22-28(4)39(72-32(8)60)24-33-14-11-10-12-15-33)29(5)42(63)57-36(47(68)69)19-20-40(61)53-30(6)43(64)54-31(7)44(65)58-37/h10-12,14-15,17-18,22,26,28-29,31,34-39H,6,9,13,16,19-21,23-25H2,1-5,7-8H3,(H,53,61)(H,54,64)(H,55,62)(H,56,66)(H,57,63)(H,58,65)(H,59,67)(H,68,69)(H,70,71)(H4,50,51,52)/b18-17+,27-22+/t26?,28-,29-,31+,34-,35-,36+,37-,38+,39-/m0/s1. The van der Waals surface area contributed by atoms with Crippen LogP contribution >= 0.6 is 0 Å². The number of esters is 1. The zero-order valence-electron chi connectivity index (χ0n) is 42.0. The van der Waals surface area contributed by atoms with Crippen molar-refractivity contribution in [3.8, 4) is 0 Å². The molecule has 0 radical (unpaired) electrons. The van der Waals surface area contributed by atoms with Gasteiger partial charge in [0.1, 0.15) is 36.3 Å². The highest BCUT2D eigenvalue weighted by Crippen LogP contribution is 2.19. The summed E-state index contributed by atoms with van der Waals surface area (Å²) in [5, 5.41) is 37.3. The quantitative estimate of drug-likeness (QED) is 0.0266. The Morgan fingerprint density at radius 2 is 1.46 bits per heavy atom. The molecule has 7 amide bonds. The van der Waals surface area contributed by atoms with Crippen molar-refractivity contribution >= 4 is 65.2 Å². The van der Waals surface area contributed by atoms with Crippen LogP contribution in [0.1, 0.15) is 99.0 Å². The highest BCUT2D eigenvalue weighted by Gasteiger charge is 2.34. The Bertz CT molecular complexity index is 2210. The van der Waals surface area contributed by atoms with Crippen molar-refractivity contribution < 1.29 is 62.9 Å². The normalized spacial score (nSPS) is 24.2. The van der Waals surface area contributed by atoms with Gasteiger partial charge in [-0.05, 0) is 51.0 Å². The summed E-state index contributed by atoms with van der Waals surface area (Å²) in [5.41, 5.74) is 12.0. The average molecular weight is 1010 g/mol. The van der Waals surface area contributed by atoms with Gasteiger partial charge in [0.15, 0.2) is 5.96 Å². The minimum Gasteiger partial charge on any atom is -0.480 e. The molecular formula is C49H72N10O13. The molecule has 10 atom stereocenters. The molecule has 2 rings (SSSR count). The largest absolute Gasteiger partial charge is 0.480 e. The molecule has 0 saturated carbocycles. The summed E-state index contributed by atoms with van der Waals surface area (Å²) in [6.45, 7) is 14.7. The fraction of sp³-hybridized carbons (Fsp3) is 0.531. The van der Waals surface area contributed by atoms with Crippen LogP contribution in [0, 0.1) is 17.8 Å². The SMILES string of the molecule is C=C1NC(=O)CC[C@H](C(=O)O)NC(=O)[C@@H](C)[C@H](/C=C/C(C)=C/[C@H](C)[C@H](Cc2ccccc2)OC(C)=O)NC(=O)[C@H](CCCN=C(N)N)NC(=O)C[C@H](C(=O)O)NC(=O)[C@H](CC(C)CC)NC(=O)[C@@H](C)NC1=O. The van der Waals surface area contributed by atoms with E-state index in [9.17, 15) is 58.2 Å². The zero-order valence-corrected chi connectivity index (χ0v) is 42.0. The third-order valence-electron chi connectivity index (χ3n) is 11.7. The number of aliphatic carboxylic acids is 2. The summed E-state index contributed by atoms with van der Waals surface area (Å²) in [6.07, 6.45) is 3.37. The maximum absolute atomic E-state index is 14.3. The van der Waals surface area contributed by atoms with Crippen LogP contribution in [-0.2, 0) is 59.1 Å². The van der Waals surface area contributed by atoms with Gasteiger partial charge in [-0.3, -0.25) is 43.3 Å². The Balaban J connectivity index is 2.70. The number of rotatable bonds is 16. The predicted octanol–water partition coefficient (Wildman–Crippen LogP) is 0.337. The third-order valence-corrected chi connectivity index (χ3v) is 11.7. The van der Waals surface area contributed by atoms with Crippen LogP contribution < -0.4 is 48.7 Å². The minimum absolute atomic E-state index is 0.00696. The Hall–Kier alpha value is -7.59. The van der Waals surface area contributed by atoms with E-state index in [-0.39, 0.29) is 43.6 Å². The van der Waals surface area contributed by atoms with Gasteiger partial charge < -0.3 is 63.6 Å². The summed E-state index contributed by atoms with van der Waals surface area (Å²) in [7, 11) is 0. The van der Waals surface area contributed by atoms with Crippen molar-refractivity contribution in [2.75, 3.05) is 6.54 Å². The molecule has 23 heteroatoms. The molecule has 1 aliphatic rings. The van der Waals surface area contributed by atoms with E-state index in [1.165, 1.54) is 26.8 Å². The highest BCUT2D eigenvalue weighted by atomic mass is 16.5. The van der Waals surface area contributed by atoms with E-state index in [1.807, 2.05) is 50.3 Å². The molecule has 0 spiro atoms. The molecule has 13 N–H and O–H groups in total. The van der Waals surface area contributed by atoms with Crippen LogP contribution in [0.5, 0.6) is 0 Å². The molecule has 1 heterocycles. The molecule has 1 aromatic carbocycles. The number of hydrogen-bond donors (Lipinski definition) is 11. The summed E-state index contributed by atoms with van der Waals surface area (Å²) in [4.78, 5) is 136. The van der Waals surface area contributed by atoms with Crippen LogP contribution in [-0.4, -0.2) is 124 Å². The second-order valence-electron chi connectivity index (χ2n) is 17.9. The van der Waals surface area contributed by atoms with Crippen LogP contribution in [0.25, 0.3) is 0 Å². The van der Waals surface area contributed by atoms with Crippen molar-refractivity contribution in [3.05, 3.63) is 72.0 Å². The Morgan fingerprint density at radius 1 is 0.833 bits per heavy atom. The number of carbonyl (C=O) groups is 10. The van der Waals surface area contributed by atoms with Crippen LogP contribution in [0.3, 0.4) is 0 Å². The molecule has 1 aromatic rings. The Kier molecular flexibility index (Phi) is 25.4. The molecule has 1 saturated heterocycles. The molecule has 23 nitrogen and oxygen atoms in total. The molecule has 0 aliphatic carbocycles. The number of benzene rings is 1. The van der Waals surface area contributed by atoms with Gasteiger partial charge in [-0.2, -0.15) is 0 Å². The fourth-order valence-electron chi connectivity index (χ4n) is 7.25. The number of ether oxygens (including phenoxy) is 1. The molecule has 396 valence electrons. The van der Waals surface area contributed by atoms with E-state index in [0.29, 0.717) is 18.4 Å². The van der Waals surface area contributed by atoms with Gasteiger partial charge in [0.25, 0.3) is 5.91 Å². The topological polar surface area (TPSA) is 369 Å². The number of carboxylic acids is 2. The lowest BCUT2D eigenvalue weighted by molar-refractivity contribution is -0.148. The lowest BCUT2D eigenvalue weighted by atomic mass is 9.94. The van der Waals surface area contributed by atoms with Crippen LogP contribution in [0.2, 0.25) is 0 Å². The second kappa shape index (κ2) is 30.2. The number of guanidine groups is 1. The van der Waals surface area contributed by atoms with Gasteiger partial charge in [0.05, 0.1) is 24.1 Å². The number of carbonyl (C=O) groups excluding carboxylic acids is 8. The van der Waals surface area contributed by atoms with Crippen molar-refractivity contribution in [2.45, 2.75) is 142 Å². The Morgan fingerprint density at radius 3 is 2.06 bits per heavy atom. The maximum atomic E-state index is 14.3. The Labute approximate surface area is 419 Å². The second-order valence-corrected chi connectivity index (χ2v) is 17.9. The number of nitrogens with two attached hydrogens (primary N) is 2. The van der Waals surface area contributed by atoms with Gasteiger partial charge in [-0.1, -0.05) is 94.8 Å². The molecule has 1 aliphatic heterocycles. The molecule has 72 heavy (non-hydrogen) atoms. The van der Waals surface area contributed by atoms with E-state index in [4.69, 9.17) is 16.2 Å². The molecule has 1 unspecified atom stereocenters. The number of hydrogen-bond acceptors (Lipinski definition) is 12. The highest BCUT2D eigenvalue weighted by molar-refractivity contribution is 6.00. The van der Waals surface area contributed by atoms with Crippen molar-refractivity contribution in [3.63, 3.8) is 0 Å². The smallest absolute Gasteiger partial charge is 0.326 e. The summed E-state index contributed by atoms with van der Waals surface area (Å²) < 4.78 is 5.66. The average Bonchev–Trinajstić information content (AvgIpc) is 3.30. The minimum atomic E-state index is -1.87. The molecule has 1 fully saturated rings. The van der Waals surface area contributed by atoms with Crippen molar-refractivity contribution in [1.29, 1.82) is 0 Å². The van der Waals surface area contributed by atoms with Gasteiger partial charge in [-0.15, -0.1) is 0 Å². The molecular weight excluding hydrogens is 937 g/mol. The van der Waals surface area contributed by atoms with Crippen LogP contribution in [0.4, 0.5) is 0 Å². The maximum Gasteiger partial charge on any atom is 0.326 e. The van der Waals surface area contributed by atoms with Gasteiger partial charge in [0.2, 0.25) is 35.4 Å². The van der Waals surface area contributed by atoms with E-state index in [2.05, 4.69) is 48.8 Å². The van der Waals surface area contributed by atoms with E-state index >= 15 is 0 Å². The number of carboxylic acid groups (broad SMARTS) is 2. The number of amides is 7. The van der Waals surface area contributed by atoms with Crippen molar-refractivity contribution in [1.82, 2.24) is 37.2 Å². The number of allylic oxidation sites excluding steroid dienone is 2. The van der Waals surface area contributed by atoms with Crippen LogP contribution in [0.15, 0.2) is 71.4 Å². The third kappa shape index (κ3) is 22.0. The summed E-state index contributed by atoms with van der Waals surface area (Å²) >= 11 is 0. The van der Waals surface area contributed by atoms with E-state index in [1.54, 1.807) is 19.9 Å². The monoisotopic (exact) mass is 1010 g/mol. The summed E-state index contributed by atoms with van der Waals surface area (Å²) in [6, 6.07) is 0.513. The predicted molar refractivity (Wildman–Crippen MR) is 265 cm³/mol. The lowest BCUT2D eigenvalue weighted by Gasteiger charge is -2.27. The van der Waals surface area contributed by atoms with Gasteiger partial charge >= 0.3 is 17.9 Å². The zero-order chi connectivity index (χ0) is 54.2. The number of nitrogens with zero attached hydrogens (tertiary/aromatic N) is 1. The van der Waals surface area contributed by atoms with Gasteiger partial charge in [0, 0.05) is 32.2 Å². The first-order valence-electron chi connectivity index (χ1n) is 23.7. The first-order chi connectivity index (χ1) is 33.8. The summed E-state index contributed by atoms with van der Waals surface area (Å²) in [5.74, 6) is -12.1. The molecule has 0 bridgehead atoms. The number of nitrogens with one attached hydrogen (secondary N) is 7.